The zero-order valence-electron chi connectivity index (χ0n) is 24.2. The third kappa shape index (κ3) is 3.96. The molecule has 4 nitrogen and oxygen atoms in total. The van der Waals surface area contributed by atoms with Crippen molar-refractivity contribution in [1.82, 2.24) is 10.6 Å². The van der Waals surface area contributed by atoms with Crippen LogP contribution in [0.4, 0.5) is 23.2 Å². The van der Waals surface area contributed by atoms with Gasteiger partial charge in [0.2, 0.25) is 0 Å². The first kappa shape index (κ1) is 26.8. The molecule has 4 heterocycles. The minimum absolute atomic E-state index is 0.146. The van der Waals surface area contributed by atoms with E-state index in [0.29, 0.717) is 29.4 Å². The van der Waals surface area contributed by atoms with Crippen LogP contribution in [0.2, 0.25) is 0 Å². The van der Waals surface area contributed by atoms with E-state index >= 15 is 17.6 Å². The molecule has 4 aliphatic heterocycles. The fraction of sp³-hybridized carbons (Fsp3) is 0.389. The second-order valence-electron chi connectivity index (χ2n) is 13.5. The zero-order valence-corrected chi connectivity index (χ0v) is 24.2. The third-order valence-electron chi connectivity index (χ3n) is 10.8. The lowest BCUT2D eigenvalue weighted by molar-refractivity contribution is -0.225. The summed E-state index contributed by atoms with van der Waals surface area (Å²) in [6, 6.07) is 15.3. The van der Waals surface area contributed by atoms with Crippen molar-refractivity contribution in [3.05, 3.63) is 83.1 Å². The number of aliphatic imine (C=N–C) groups is 2. The Bertz CT molecular complexity index is 1830. The second-order valence-corrected chi connectivity index (χ2v) is 13.5. The quantitative estimate of drug-likeness (QED) is 0.301. The number of alkyl halides is 4. The molecule has 0 unspecified atom stereocenters. The summed E-state index contributed by atoms with van der Waals surface area (Å²) in [7, 11) is 0. The first-order valence-corrected chi connectivity index (χ1v) is 15.7. The maximum absolute atomic E-state index is 15.8. The first-order chi connectivity index (χ1) is 21.2. The molecule has 224 valence electrons. The van der Waals surface area contributed by atoms with E-state index in [-0.39, 0.29) is 23.2 Å². The number of halogens is 4. The lowest BCUT2D eigenvalue weighted by atomic mass is 9.78. The number of nitrogens with one attached hydrogen (secondary N) is 2. The van der Waals surface area contributed by atoms with E-state index in [1.165, 1.54) is 25.0 Å². The molecule has 2 aliphatic carbocycles. The van der Waals surface area contributed by atoms with Gasteiger partial charge in [-0.1, -0.05) is 30.3 Å². The maximum Gasteiger partial charge on any atom is 0.340 e. The normalized spacial score (nSPS) is 26.6. The number of benzene rings is 3. The SMILES string of the molecule is FC1(F)c2cc(C3=CN=C([C@@H]4CC5(CC5)CN4)C3)ccc2-c2ccc(-c3ccc4c(c3)CC([C@@H]3CCCN3)=N4)cc2C1(F)F. The number of rotatable bonds is 4. The standard InChI is InChI=1S/C36H32F4N4/c37-35(38)27-13-21(20-5-8-29-23(12-20)15-32(44-29)30-2-1-11-41-30)3-6-25(27)26-7-4-22(14-28(26)36(35,39)40)24-16-31(42-18-24)33-17-34(9-10-34)19-43-33/h3-8,12-14,18,30,33,41,43H,1-2,9-11,15-17,19H2/t30-,33-/m0/s1. The van der Waals surface area contributed by atoms with Crippen LogP contribution in [0.15, 0.2) is 70.8 Å². The van der Waals surface area contributed by atoms with Gasteiger partial charge in [0, 0.05) is 60.2 Å². The lowest BCUT2D eigenvalue weighted by Crippen LogP contribution is -2.39. The molecule has 3 aromatic rings. The molecular weight excluding hydrogens is 564 g/mol. The average molecular weight is 597 g/mol. The van der Waals surface area contributed by atoms with Crippen molar-refractivity contribution >= 4 is 22.7 Å². The topological polar surface area (TPSA) is 48.8 Å². The number of nitrogens with zero attached hydrogens (tertiary/aromatic N) is 2. The number of allylic oxidation sites excluding steroid dienone is 1. The van der Waals surface area contributed by atoms with Crippen LogP contribution in [0, 0.1) is 5.41 Å². The molecule has 0 radical (unpaired) electrons. The van der Waals surface area contributed by atoms with Crippen LogP contribution in [0.5, 0.6) is 0 Å². The molecule has 0 aromatic heterocycles. The van der Waals surface area contributed by atoms with Crippen LogP contribution in [0.1, 0.15) is 60.8 Å². The molecule has 2 saturated heterocycles. The largest absolute Gasteiger partial charge is 0.340 e. The Morgan fingerprint density at radius 3 is 2.14 bits per heavy atom. The van der Waals surface area contributed by atoms with Gasteiger partial charge in [-0.05, 0) is 107 Å². The Morgan fingerprint density at radius 2 is 1.43 bits per heavy atom. The summed E-state index contributed by atoms with van der Waals surface area (Å²) in [5.41, 5.74) is 5.96. The van der Waals surface area contributed by atoms with E-state index in [0.717, 1.165) is 66.2 Å². The number of fused-ring (bicyclic) bond motifs is 4. The number of hydrogen-bond acceptors (Lipinski definition) is 4. The van der Waals surface area contributed by atoms with Gasteiger partial charge in [-0.25, -0.2) is 0 Å². The molecule has 1 spiro atoms. The molecule has 0 amide bonds. The summed E-state index contributed by atoms with van der Waals surface area (Å²) in [6.07, 6.45) is 8.67. The van der Waals surface area contributed by atoms with Gasteiger partial charge in [0.1, 0.15) is 0 Å². The Hall–Kier alpha value is -3.62. The van der Waals surface area contributed by atoms with E-state index in [1.807, 2.05) is 18.2 Å². The molecule has 3 fully saturated rings. The first-order valence-electron chi connectivity index (χ1n) is 15.7. The van der Waals surface area contributed by atoms with E-state index in [1.54, 1.807) is 30.5 Å². The summed E-state index contributed by atoms with van der Waals surface area (Å²) in [5, 5.41) is 7.04. The van der Waals surface area contributed by atoms with Gasteiger partial charge in [0.05, 0.1) is 5.69 Å². The van der Waals surface area contributed by atoms with E-state index < -0.39 is 23.0 Å². The van der Waals surface area contributed by atoms with Crippen LogP contribution < -0.4 is 10.6 Å². The van der Waals surface area contributed by atoms with Gasteiger partial charge >= 0.3 is 11.8 Å². The maximum atomic E-state index is 15.8. The Kier molecular flexibility index (Phi) is 5.60. The molecule has 1 saturated carbocycles. The molecule has 2 atom stereocenters. The predicted octanol–water partition coefficient (Wildman–Crippen LogP) is 7.93. The van der Waals surface area contributed by atoms with Crippen molar-refractivity contribution in [2.75, 3.05) is 13.1 Å². The predicted molar refractivity (Wildman–Crippen MR) is 165 cm³/mol. The van der Waals surface area contributed by atoms with Crippen molar-refractivity contribution in [2.45, 2.75) is 68.9 Å². The van der Waals surface area contributed by atoms with E-state index in [2.05, 4.69) is 15.6 Å². The van der Waals surface area contributed by atoms with Gasteiger partial charge in [-0.3, -0.25) is 9.98 Å². The van der Waals surface area contributed by atoms with Gasteiger partial charge in [0.15, 0.2) is 0 Å². The Balaban J connectivity index is 1.02. The van der Waals surface area contributed by atoms with Crippen molar-refractivity contribution in [3.8, 4) is 22.3 Å². The van der Waals surface area contributed by atoms with Crippen LogP contribution >= 0.6 is 0 Å². The fourth-order valence-electron chi connectivity index (χ4n) is 7.92. The van der Waals surface area contributed by atoms with E-state index in [4.69, 9.17) is 4.99 Å². The molecule has 6 aliphatic rings. The van der Waals surface area contributed by atoms with Gasteiger partial charge < -0.3 is 10.6 Å². The smallest absolute Gasteiger partial charge is 0.309 e. The minimum Gasteiger partial charge on any atom is -0.309 e. The van der Waals surface area contributed by atoms with Crippen molar-refractivity contribution < 1.29 is 17.6 Å². The van der Waals surface area contributed by atoms with Crippen molar-refractivity contribution in [3.63, 3.8) is 0 Å². The van der Waals surface area contributed by atoms with Crippen LogP contribution in [0.25, 0.3) is 27.8 Å². The summed E-state index contributed by atoms with van der Waals surface area (Å²) >= 11 is 0. The highest BCUT2D eigenvalue weighted by molar-refractivity contribution is 6.02. The Labute approximate surface area is 253 Å². The van der Waals surface area contributed by atoms with Crippen LogP contribution in [-0.2, 0) is 18.3 Å². The van der Waals surface area contributed by atoms with Gasteiger partial charge in [-0.15, -0.1) is 0 Å². The molecule has 2 N–H and O–H groups in total. The highest BCUT2D eigenvalue weighted by Gasteiger charge is 2.63. The monoisotopic (exact) mass is 596 g/mol. The summed E-state index contributed by atoms with van der Waals surface area (Å²) in [4.78, 5) is 9.41. The molecule has 3 aromatic carbocycles. The highest BCUT2D eigenvalue weighted by atomic mass is 19.3. The van der Waals surface area contributed by atoms with Crippen LogP contribution in [-0.4, -0.2) is 36.6 Å². The summed E-state index contributed by atoms with van der Waals surface area (Å²) < 4.78 is 63.3. The second kappa shape index (κ2) is 9.21. The minimum atomic E-state index is -4.37. The third-order valence-corrected chi connectivity index (χ3v) is 10.8. The van der Waals surface area contributed by atoms with Crippen molar-refractivity contribution in [2.24, 2.45) is 15.4 Å². The lowest BCUT2D eigenvalue weighted by Gasteiger charge is -2.35. The molecule has 8 heteroatoms. The molecular formula is C36H32F4N4. The Morgan fingerprint density at radius 1 is 0.727 bits per heavy atom. The molecule has 0 bridgehead atoms. The highest BCUT2D eigenvalue weighted by Crippen LogP contribution is 2.59. The molecule has 44 heavy (non-hydrogen) atoms. The number of hydrogen-bond donors (Lipinski definition) is 2. The zero-order chi connectivity index (χ0) is 29.8. The van der Waals surface area contributed by atoms with Crippen molar-refractivity contribution in [1.29, 1.82) is 0 Å². The van der Waals surface area contributed by atoms with Crippen LogP contribution in [0.3, 0.4) is 0 Å². The molecule has 9 rings (SSSR count). The van der Waals surface area contributed by atoms with Gasteiger partial charge in [-0.2, -0.15) is 17.6 Å². The van der Waals surface area contributed by atoms with E-state index in [9.17, 15) is 0 Å². The summed E-state index contributed by atoms with van der Waals surface area (Å²) in [6.45, 7) is 1.98. The average Bonchev–Trinajstić information content (AvgIpc) is 3.57. The summed E-state index contributed by atoms with van der Waals surface area (Å²) in [5.74, 6) is -8.74. The van der Waals surface area contributed by atoms with Gasteiger partial charge in [0.25, 0.3) is 0 Å². The fourth-order valence-corrected chi connectivity index (χ4v) is 7.92.